The maximum atomic E-state index is 12.5. The number of unbranched alkanes of at least 4 members (excludes halogenated alkanes) is 1. The van der Waals surface area contributed by atoms with Crippen molar-refractivity contribution >= 4 is 34.4 Å². The van der Waals surface area contributed by atoms with E-state index in [1.54, 1.807) is 0 Å². The lowest BCUT2D eigenvalue weighted by molar-refractivity contribution is -0.117. The van der Waals surface area contributed by atoms with E-state index in [0.29, 0.717) is 71.6 Å². The Hall–Kier alpha value is -4.46. The topological polar surface area (TPSA) is 124 Å². The molecule has 1 aromatic carbocycles. The number of aryl methyl sites for hydroxylation is 1. The molecule has 5 rings (SSSR count). The largest absolute Gasteiger partial charge is 0.486 e. The molecule has 222 valence electrons. The molecule has 3 aromatic heterocycles. The molecule has 1 fully saturated rings. The van der Waals surface area contributed by atoms with Gasteiger partial charge in [0.25, 0.3) is 0 Å². The number of fused-ring (bicyclic) bond motifs is 1. The summed E-state index contributed by atoms with van der Waals surface area (Å²) in [5.74, 6) is 3.32. The van der Waals surface area contributed by atoms with Crippen LogP contribution in [-0.2, 0) is 11.4 Å². The number of likely N-dealkylation sites (tertiary alicyclic amines) is 1. The summed E-state index contributed by atoms with van der Waals surface area (Å²) in [6.07, 6.45) is 9.96. The molecular formula is C32H35ClN8O2. The molecule has 3 N–H and O–H groups in total. The normalized spacial score (nSPS) is 15.2. The van der Waals surface area contributed by atoms with Gasteiger partial charge in [0.15, 0.2) is 5.65 Å². The molecule has 0 saturated carbocycles. The van der Waals surface area contributed by atoms with Crippen LogP contribution in [0.15, 0.2) is 54.9 Å². The average Bonchev–Trinajstić information content (AvgIpc) is 3.40. The van der Waals surface area contributed by atoms with Crippen LogP contribution in [0.4, 0.5) is 5.82 Å². The number of aromatic nitrogens is 5. The van der Waals surface area contributed by atoms with E-state index >= 15 is 0 Å². The highest BCUT2D eigenvalue weighted by Crippen LogP contribution is 2.37. The monoisotopic (exact) mass is 598 g/mol. The van der Waals surface area contributed by atoms with Crippen molar-refractivity contribution in [1.29, 1.82) is 0 Å². The molecule has 10 nitrogen and oxygen atoms in total. The summed E-state index contributed by atoms with van der Waals surface area (Å²) < 4.78 is 7.88. The number of carbonyl (C=O) groups is 1. The van der Waals surface area contributed by atoms with E-state index in [1.807, 2.05) is 48.0 Å². The highest BCUT2D eigenvalue weighted by molar-refractivity contribution is 6.32. The van der Waals surface area contributed by atoms with Gasteiger partial charge in [0.1, 0.15) is 30.2 Å². The molecule has 4 aromatic rings. The summed E-state index contributed by atoms with van der Waals surface area (Å²) in [6.45, 7) is 8.81. The molecule has 1 atom stereocenters. The second-order valence-electron chi connectivity index (χ2n) is 10.7. The van der Waals surface area contributed by atoms with Gasteiger partial charge >= 0.3 is 0 Å². The number of nitrogens with one attached hydrogen (secondary N) is 1. The fourth-order valence-corrected chi connectivity index (χ4v) is 5.52. The van der Waals surface area contributed by atoms with Crippen molar-refractivity contribution in [2.24, 2.45) is 0 Å². The standard InChI is InChI=1S/C32H35ClN8O2/c1-4-5-6-14-35-32(42)21(2)17-40-15-8-11-25(18-40)41-31-28(30(34)36-20-37-31)29(39-41)23-12-13-27(26(33)16-23)43-19-24-10-7-9-22(3)38-24/h1,7,9-10,12-13,16,20,25H,2,5-6,8,11,14-15,17-19H2,3H3,(H,35,42)(H2,34,36,37). The first kappa shape index (κ1) is 30.0. The third kappa shape index (κ3) is 7.13. The number of nitrogen functional groups attached to an aromatic ring is 1. The fraction of sp³-hybridized carbons (Fsp3) is 0.344. The number of carbonyl (C=O) groups excluding carboxylic acids is 1. The summed E-state index contributed by atoms with van der Waals surface area (Å²) in [5.41, 5.74) is 10.7. The van der Waals surface area contributed by atoms with E-state index in [1.165, 1.54) is 6.33 Å². The fourth-order valence-electron chi connectivity index (χ4n) is 5.28. The van der Waals surface area contributed by atoms with Gasteiger partial charge in [0, 0.05) is 42.9 Å². The van der Waals surface area contributed by atoms with E-state index < -0.39 is 0 Å². The molecule has 0 bridgehead atoms. The van der Waals surface area contributed by atoms with Gasteiger partial charge in [-0.2, -0.15) is 5.10 Å². The van der Waals surface area contributed by atoms with Crippen LogP contribution in [-0.4, -0.2) is 61.7 Å². The Bertz CT molecular complexity index is 1680. The summed E-state index contributed by atoms with van der Waals surface area (Å²) in [7, 11) is 0. The van der Waals surface area contributed by atoms with Crippen LogP contribution in [0.1, 0.15) is 43.1 Å². The van der Waals surface area contributed by atoms with Crippen LogP contribution in [0.25, 0.3) is 22.3 Å². The van der Waals surface area contributed by atoms with Gasteiger partial charge in [-0.05, 0) is 63.1 Å². The van der Waals surface area contributed by atoms with E-state index in [4.69, 9.17) is 33.6 Å². The van der Waals surface area contributed by atoms with Crippen LogP contribution in [0.3, 0.4) is 0 Å². The number of hydrogen-bond acceptors (Lipinski definition) is 8. The predicted octanol–water partition coefficient (Wildman–Crippen LogP) is 4.73. The first-order chi connectivity index (χ1) is 20.8. The molecule has 1 amide bonds. The number of benzene rings is 1. The lowest BCUT2D eigenvalue weighted by Crippen LogP contribution is -2.40. The molecule has 4 heterocycles. The lowest BCUT2D eigenvalue weighted by atomic mass is 10.0. The van der Waals surface area contributed by atoms with Crippen LogP contribution in [0, 0.1) is 19.3 Å². The van der Waals surface area contributed by atoms with Gasteiger partial charge < -0.3 is 15.8 Å². The summed E-state index contributed by atoms with van der Waals surface area (Å²) in [5, 5.41) is 9.02. The molecular weight excluding hydrogens is 564 g/mol. The number of nitrogens with zero attached hydrogens (tertiary/aromatic N) is 6. The number of piperidine rings is 1. The zero-order chi connectivity index (χ0) is 30.3. The Balaban J connectivity index is 1.34. The minimum absolute atomic E-state index is 0.0192. The molecule has 1 saturated heterocycles. The smallest absolute Gasteiger partial charge is 0.247 e. The molecule has 11 heteroatoms. The van der Waals surface area contributed by atoms with Gasteiger partial charge in [-0.1, -0.05) is 24.2 Å². The van der Waals surface area contributed by atoms with Crippen molar-refractivity contribution in [2.45, 2.75) is 45.3 Å². The van der Waals surface area contributed by atoms with Gasteiger partial charge in [0.05, 0.1) is 22.1 Å². The van der Waals surface area contributed by atoms with Gasteiger partial charge in [0.2, 0.25) is 5.91 Å². The Kier molecular flexibility index (Phi) is 9.55. The first-order valence-corrected chi connectivity index (χ1v) is 14.7. The second kappa shape index (κ2) is 13.7. The Morgan fingerprint density at radius 3 is 2.95 bits per heavy atom. The Morgan fingerprint density at radius 1 is 1.30 bits per heavy atom. The molecule has 1 unspecified atom stereocenters. The van der Waals surface area contributed by atoms with Crippen molar-refractivity contribution in [3.8, 4) is 29.4 Å². The molecule has 1 aliphatic heterocycles. The van der Waals surface area contributed by atoms with E-state index in [-0.39, 0.29) is 11.9 Å². The van der Waals surface area contributed by atoms with Crippen LogP contribution < -0.4 is 15.8 Å². The Morgan fingerprint density at radius 2 is 2.16 bits per heavy atom. The van der Waals surface area contributed by atoms with Crippen molar-refractivity contribution < 1.29 is 9.53 Å². The number of pyridine rings is 1. The van der Waals surface area contributed by atoms with E-state index in [2.05, 4.69) is 37.7 Å². The number of ether oxygens (including phenoxy) is 1. The number of amides is 1. The van der Waals surface area contributed by atoms with Crippen LogP contribution in [0.5, 0.6) is 5.75 Å². The highest BCUT2D eigenvalue weighted by atomic mass is 35.5. The van der Waals surface area contributed by atoms with Gasteiger partial charge in [-0.25, -0.2) is 14.6 Å². The second-order valence-corrected chi connectivity index (χ2v) is 11.1. The van der Waals surface area contributed by atoms with Crippen molar-refractivity contribution in [3.63, 3.8) is 0 Å². The number of hydrogen-bond donors (Lipinski definition) is 2. The number of nitrogens with two attached hydrogens (primary N) is 1. The molecule has 0 spiro atoms. The summed E-state index contributed by atoms with van der Waals surface area (Å²) >= 11 is 6.66. The van der Waals surface area contributed by atoms with Crippen molar-refractivity contribution in [3.05, 3.63) is 71.3 Å². The first-order valence-electron chi connectivity index (χ1n) is 14.3. The number of halogens is 1. The molecule has 0 aliphatic carbocycles. The number of terminal acetylenes is 1. The molecule has 1 aliphatic rings. The predicted molar refractivity (Wildman–Crippen MR) is 168 cm³/mol. The Labute approximate surface area is 256 Å². The van der Waals surface area contributed by atoms with Crippen LogP contribution >= 0.6 is 11.6 Å². The third-order valence-corrected chi connectivity index (χ3v) is 7.69. The third-order valence-electron chi connectivity index (χ3n) is 7.39. The van der Waals surface area contributed by atoms with Crippen molar-refractivity contribution in [1.82, 2.24) is 34.9 Å². The minimum Gasteiger partial charge on any atom is -0.486 e. The molecule has 0 radical (unpaired) electrons. The average molecular weight is 599 g/mol. The van der Waals surface area contributed by atoms with Gasteiger partial charge in [-0.3, -0.25) is 14.7 Å². The summed E-state index contributed by atoms with van der Waals surface area (Å²) in [6, 6.07) is 11.4. The zero-order valence-electron chi connectivity index (χ0n) is 24.2. The van der Waals surface area contributed by atoms with E-state index in [9.17, 15) is 4.79 Å². The quantitative estimate of drug-likeness (QED) is 0.144. The summed E-state index contributed by atoms with van der Waals surface area (Å²) in [4.78, 5) is 28.0. The lowest BCUT2D eigenvalue weighted by Gasteiger charge is -2.33. The maximum absolute atomic E-state index is 12.5. The number of rotatable bonds is 11. The van der Waals surface area contributed by atoms with E-state index in [0.717, 1.165) is 42.8 Å². The highest BCUT2D eigenvalue weighted by Gasteiger charge is 2.27. The van der Waals surface area contributed by atoms with Gasteiger partial charge in [-0.15, -0.1) is 12.3 Å². The van der Waals surface area contributed by atoms with Crippen molar-refractivity contribution in [2.75, 3.05) is 31.9 Å². The van der Waals surface area contributed by atoms with Crippen LogP contribution in [0.2, 0.25) is 5.02 Å². The molecule has 43 heavy (non-hydrogen) atoms. The number of anilines is 1. The minimum atomic E-state index is -0.147. The SMILES string of the molecule is C#CCCCNC(=O)C(=C)CN1CCCC(n2nc(-c3ccc(OCc4cccc(C)n4)c(Cl)c3)c3c(N)ncnc32)C1. The zero-order valence-corrected chi connectivity index (χ0v) is 25.0. The maximum Gasteiger partial charge on any atom is 0.247 e.